The number of hydrogen-bond donors (Lipinski definition) is 1. The number of benzene rings is 2. The van der Waals surface area contributed by atoms with Crippen molar-refractivity contribution in [3.63, 3.8) is 0 Å². The maximum Gasteiger partial charge on any atom is 0.255 e. The Morgan fingerprint density at radius 3 is 2.60 bits per heavy atom. The first kappa shape index (κ1) is 19.1. The van der Waals surface area contributed by atoms with Gasteiger partial charge in [-0.15, -0.1) is 0 Å². The average molecular weight is 366 g/mol. The van der Waals surface area contributed by atoms with Crippen LogP contribution in [0.5, 0.6) is 11.5 Å². The van der Waals surface area contributed by atoms with Crippen LogP contribution in [0.25, 0.3) is 0 Å². The lowest BCUT2D eigenvalue weighted by atomic mass is 10.1. The minimum atomic E-state index is -0.361. The van der Waals surface area contributed by atoms with E-state index in [9.17, 15) is 9.18 Å². The van der Waals surface area contributed by atoms with Crippen LogP contribution in [0.15, 0.2) is 30.3 Å². The molecule has 0 bridgehead atoms. The summed E-state index contributed by atoms with van der Waals surface area (Å²) in [6.45, 7) is 6.47. The van der Waals surface area contributed by atoms with E-state index in [4.69, 9.17) is 21.1 Å². The third-order valence-corrected chi connectivity index (χ3v) is 3.74. The first-order chi connectivity index (χ1) is 12.0. The number of rotatable bonds is 7. The Bertz CT molecular complexity index is 765. The summed E-state index contributed by atoms with van der Waals surface area (Å²) in [5.41, 5.74) is 1.50. The van der Waals surface area contributed by atoms with Crippen LogP contribution in [0.4, 0.5) is 10.1 Å². The predicted octanol–water partition coefficient (Wildman–Crippen LogP) is 5.23. The number of carbonyl (C=O) groups excluding carboxylic acids is 1. The Labute approximate surface area is 151 Å². The zero-order valence-electron chi connectivity index (χ0n) is 14.5. The van der Waals surface area contributed by atoms with Crippen molar-refractivity contribution in [2.45, 2.75) is 27.2 Å². The zero-order valence-corrected chi connectivity index (χ0v) is 15.2. The zero-order chi connectivity index (χ0) is 18.4. The second-order valence-electron chi connectivity index (χ2n) is 5.48. The van der Waals surface area contributed by atoms with E-state index in [1.165, 1.54) is 24.3 Å². The van der Waals surface area contributed by atoms with Gasteiger partial charge in [-0.3, -0.25) is 4.79 Å². The lowest BCUT2D eigenvalue weighted by Crippen LogP contribution is -2.13. The van der Waals surface area contributed by atoms with E-state index in [2.05, 4.69) is 5.32 Å². The molecule has 0 spiro atoms. The summed E-state index contributed by atoms with van der Waals surface area (Å²) < 4.78 is 24.4. The number of aryl methyl sites for hydroxylation is 1. The summed E-state index contributed by atoms with van der Waals surface area (Å²) in [5.74, 6) is 0.138. The van der Waals surface area contributed by atoms with Gasteiger partial charge in [0.05, 0.1) is 18.2 Å². The summed E-state index contributed by atoms with van der Waals surface area (Å²) in [6.07, 6.45) is 0.827. The number of ether oxygens (including phenoxy) is 2. The summed E-state index contributed by atoms with van der Waals surface area (Å²) >= 11 is 6.27. The lowest BCUT2D eigenvalue weighted by Gasteiger charge is -2.15. The van der Waals surface area contributed by atoms with E-state index in [0.717, 1.165) is 6.42 Å². The molecular weight excluding hydrogens is 345 g/mol. The molecular formula is C19H21ClFNO3. The first-order valence-electron chi connectivity index (χ1n) is 8.12. The average Bonchev–Trinajstić information content (AvgIpc) is 2.56. The highest BCUT2D eigenvalue weighted by atomic mass is 35.5. The van der Waals surface area contributed by atoms with Crippen molar-refractivity contribution < 1.29 is 18.7 Å². The Balaban J connectivity index is 2.29. The van der Waals surface area contributed by atoms with Gasteiger partial charge in [0.25, 0.3) is 5.91 Å². The second kappa shape index (κ2) is 8.72. The van der Waals surface area contributed by atoms with Crippen LogP contribution in [-0.2, 0) is 0 Å². The van der Waals surface area contributed by atoms with Crippen LogP contribution in [0, 0.1) is 12.7 Å². The highest BCUT2D eigenvalue weighted by molar-refractivity contribution is 6.32. The molecule has 0 saturated heterocycles. The quantitative estimate of drug-likeness (QED) is 0.731. The van der Waals surface area contributed by atoms with E-state index in [0.29, 0.717) is 46.5 Å². The van der Waals surface area contributed by atoms with Crippen molar-refractivity contribution in [3.8, 4) is 11.5 Å². The SMILES string of the molecule is CCCOc1c(Cl)cc(C(=O)Nc2ccc(F)cc2C)cc1OCC. The van der Waals surface area contributed by atoms with Crippen LogP contribution in [0.3, 0.4) is 0 Å². The molecule has 6 heteroatoms. The maximum absolute atomic E-state index is 13.2. The number of hydrogen-bond acceptors (Lipinski definition) is 3. The van der Waals surface area contributed by atoms with Crippen LogP contribution >= 0.6 is 11.6 Å². The molecule has 2 aromatic carbocycles. The molecule has 0 atom stereocenters. The van der Waals surface area contributed by atoms with Crippen molar-refractivity contribution in [2.75, 3.05) is 18.5 Å². The van der Waals surface area contributed by atoms with Gasteiger partial charge >= 0.3 is 0 Å². The highest BCUT2D eigenvalue weighted by Crippen LogP contribution is 2.37. The first-order valence-corrected chi connectivity index (χ1v) is 8.50. The molecule has 1 N–H and O–H groups in total. The van der Waals surface area contributed by atoms with Crippen molar-refractivity contribution in [2.24, 2.45) is 0 Å². The fourth-order valence-corrected chi connectivity index (χ4v) is 2.53. The maximum atomic E-state index is 13.2. The molecule has 0 heterocycles. The van der Waals surface area contributed by atoms with Gasteiger partial charge in [-0.25, -0.2) is 4.39 Å². The molecule has 0 aromatic heterocycles. The van der Waals surface area contributed by atoms with Crippen molar-refractivity contribution in [3.05, 3.63) is 52.3 Å². The van der Waals surface area contributed by atoms with Gasteiger partial charge < -0.3 is 14.8 Å². The minimum Gasteiger partial charge on any atom is -0.490 e. The normalized spacial score (nSPS) is 10.4. The van der Waals surface area contributed by atoms with Crippen molar-refractivity contribution in [1.29, 1.82) is 0 Å². The van der Waals surface area contributed by atoms with Gasteiger partial charge in [0.1, 0.15) is 5.82 Å². The third kappa shape index (κ3) is 4.86. The van der Waals surface area contributed by atoms with E-state index in [-0.39, 0.29) is 11.7 Å². The van der Waals surface area contributed by atoms with Crippen molar-refractivity contribution in [1.82, 2.24) is 0 Å². The second-order valence-corrected chi connectivity index (χ2v) is 5.89. The van der Waals surface area contributed by atoms with Crippen molar-refractivity contribution >= 4 is 23.2 Å². The van der Waals surface area contributed by atoms with Crippen LogP contribution < -0.4 is 14.8 Å². The number of halogens is 2. The topological polar surface area (TPSA) is 47.6 Å². The molecule has 0 aliphatic carbocycles. The Hall–Kier alpha value is -2.27. The van der Waals surface area contributed by atoms with E-state index < -0.39 is 0 Å². The van der Waals surface area contributed by atoms with Gasteiger partial charge in [0, 0.05) is 11.3 Å². The summed E-state index contributed by atoms with van der Waals surface area (Å²) in [6, 6.07) is 7.29. The molecule has 1 amide bonds. The smallest absolute Gasteiger partial charge is 0.255 e. The van der Waals surface area contributed by atoms with Gasteiger partial charge in [-0.2, -0.15) is 0 Å². The minimum absolute atomic E-state index is 0.306. The molecule has 0 unspecified atom stereocenters. The summed E-state index contributed by atoms with van der Waals surface area (Å²) in [5, 5.41) is 3.06. The van der Waals surface area contributed by atoms with Crippen LogP contribution in [0.2, 0.25) is 5.02 Å². The lowest BCUT2D eigenvalue weighted by molar-refractivity contribution is 0.102. The van der Waals surface area contributed by atoms with Gasteiger partial charge in [-0.05, 0) is 56.2 Å². The standard InChI is InChI=1S/C19H21ClFNO3/c1-4-8-25-18-15(20)10-13(11-17(18)24-5-2)19(23)22-16-7-6-14(21)9-12(16)3/h6-7,9-11H,4-5,8H2,1-3H3,(H,22,23). The van der Waals surface area contributed by atoms with E-state index in [1.807, 2.05) is 13.8 Å². The highest BCUT2D eigenvalue weighted by Gasteiger charge is 2.17. The molecule has 2 aromatic rings. The molecule has 0 aliphatic rings. The number of carbonyl (C=O) groups is 1. The Morgan fingerprint density at radius 2 is 1.96 bits per heavy atom. The van der Waals surface area contributed by atoms with Gasteiger partial charge in [0.2, 0.25) is 0 Å². The molecule has 0 aliphatic heterocycles. The molecule has 134 valence electrons. The fourth-order valence-electron chi connectivity index (χ4n) is 2.27. The Kier molecular flexibility index (Phi) is 6.65. The third-order valence-electron chi connectivity index (χ3n) is 3.46. The van der Waals surface area contributed by atoms with Crippen LogP contribution in [0.1, 0.15) is 36.2 Å². The van der Waals surface area contributed by atoms with E-state index in [1.54, 1.807) is 13.0 Å². The largest absolute Gasteiger partial charge is 0.490 e. The predicted molar refractivity (Wildman–Crippen MR) is 97.5 cm³/mol. The van der Waals surface area contributed by atoms with Gasteiger partial charge in [-0.1, -0.05) is 18.5 Å². The molecule has 0 fully saturated rings. The molecule has 0 saturated carbocycles. The number of anilines is 1. The Morgan fingerprint density at radius 1 is 1.20 bits per heavy atom. The molecule has 25 heavy (non-hydrogen) atoms. The summed E-state index contributed by atoms with van der Waals surface area (Å²) in [4.78, 5) is 12.5. The van der Waals surface area contributed by atoms with Gasteiger partial charge in [0.15, 0.2) is 11.5 Å². The fraction of sp³-hybridized carbons (Fsp3) is 0.316. The molecule has 4 nitrogen and oxygen atoms in total. The monoisotopic (exact) mass is 365 g/mol. The molecule has 2 rings (SSSR count). The number of amides is 1. The molecule has 0 radical (unpaired) electrons. The van der Waals surface area contributed by atoms with Crippen LogP contribution in [-0.4, -0.2) is 19.1 Å². The van der Waals surface area contributed by atoms with E-state index >= 15 is 0 Å². The number of nitrogens with one attached hydrogen (secondary N) is 1. The summed E-state index contributed by atoms with van der Waals surface area (Å²) in [7, 11) is 0.